The number of hydrogen-bond donors (Lipinski definition) is 3. The SMILES string of the molecule is O=C(CC1Sc2cc(C(=O)O)ccc2NC1=O)Nc1ccccc1Cl. The van der Waals surface area contributed by atoms with E-state index < -0.39 is 11.2 Å². The molecule has 0 aliphatic carbocycles. The van der Waals surface area contributed by atoms with Gasteiger partial charge in [0.05, 0.1) is 27.2 Å². The number of carboxylic acid groups (broad SMARTS) is 1. The van der Waals surface area contributed by atoms with Crippen LogP contribution < -0.4 is 10.6 Å². The van der Waals surface area contributed by atoms with Crippen molar-refractivity contribution in [2.75, 3.05) is 10.6 Å². The predicted octanol–water partition coefficient (Wildman–Crippen LogP) is 3.48. The number of fused-ring (bicyclic) bond motifs is 1. The molecule has 8 heteroatoms. The third-order valence-corrected chi connectivity index (χ3v) is 5.15. The number of rotatable bonds is 4. The topological polar surface area (TPSA) is 95.5 Å². The van der Waals surface area contributed by atoms with E-state index in [1.807, 2.05) is 0 Å². The van der Waals surface area contributed by atoms with Gasteiger partial charge in [-0.15, -0.1) is 11.8 Å². The number of nitrogens with one attached hydrogen (secondary N) is 2. The van der Waals surface area contributed by atoms with Crippen molar-refractivity contribution in [3.63, 3.8) is 0 Å². The molecule has 1 aliphatic heterocycles. The van der Waals surface area contributed by atoms with Crippen LogP contribution >= 0.6 is 23.4 Å². The lowest BCUT2D eigenvalue weighted by Crippen LogP contribution is -2.32. The molecule has 2 aromatic rings. The lowest BCUT2D eigenvalue weighted by molar-refractivity contribution is -0.120. The average molecular weight is 377 g/mol. The minimum absolute atomic E-state index is 0.0571. The van der Waals surface area contributed by atoms with Crippen molar-refractivity contribution in [1.29, 1.82) is 0 Å². The number of thioether (sulfide) groups is 1. The molecule has 0 saturated heterocycles. The van der Waals surface area contributed by atoms with Crippen LogP contribution in [0.25, 0.3) is 0 Å². The normalized spacial score (nSPS) is 15.9. The van der Waals surface area contributed by atoms with Crippen LogP contribution in [0.2, 0.25) is 5.02 Å². The first-order valence-electron chi connectivity index (χ1n) is 7.33. The first-order valence-corrected chi connectivity index (χ1v) is 8.59. The van der Waals surface area contributed by atoms with Gasteiger partial charge >= 0.3 is 5.97 Å². The van der Waals surface area contributed by atoms with Crippen molar-refractivity contribution >= 4 is 52.5 Å². The molecule has 3 N–H and O–H groups in total. The maximum Gasteiger partial charge on any atom is 0.335 e. The summed E-state index contributed by atoms with van der Waals surface area (Å²) in [6.07, 6.45) is -0.0571. The van der Waals surface area contributed by atoms with E-state index in [-0.39, 0.29) is 23.8 Å². The molecule has 0 spiro atoms. The predicted molar refractivity (Wildman–Crippen MR) is 96.4 cm³/mol. The highest BCUT2D eigenvalue weighted by molar-refractivity contribution is 8.01. The van der Waals surface area contributed by atoms with Gasteiger partial charge < -0.3 is 15.7 Å². The van der Waals surface area contributed by atoms with E-state index in [1.54, 1.807) is 30.3 Å². The molecule has 0 radical (unpaired) electrons. The van der Waals surface area contributed by atoms with Crippen molar-refractivity contribution in [3.05, 3.63) is 53.1 Å². The Bertz CT molecular complexity index is 871. The summed E-state index contributed by atoms with van der Waals surface area (Å²) < 4.78 is 0. The Balaban J connectivity index is 1.72. The van der Waals surface area contributed by atoms with Gasteiger partial charge in [0.15, 0.2) is 0 Å². The molecule has 1 aliphatic rings. The zero-order chi connectivity index (χ0) is 18.0. The van der Waals surface area contributed by atoms with E-state index >= 15 is 0 Å². The van der Waals surface area contributed by atoms with Gasteiger partial charge in [0.1, 0.15) is 0 Å². The highest BCUT2D eigenvalue weighted by Gasteiger charge is 2.29. The number of benzene rings is 2. The van der Waals surface area contributed by atoms with Crippen LogP contribution in [-0.2, 0) is 9.59 Å². The quantitative estimate of drug-likeness (QED) is 0.759. The fourth-order valence-corrected chi connectivity index (χ4v) is 3.67. The number of aromatic carboxylic acids is 1. The van der Waals surface area contributed by atoms with Crippen LogP contribution in [0.4, 0.5) is 11.4 Å². The molecule has 1 unspecified atom stereocenters. The molecular weight excluding hydrogens is 364 g/mol. The minimum Gasteiger partial charge on any atom is -0.478 e. The zero-order valence-corrected chi connectivity index (χ0v) is 14.4. The Morgan fingerprint density at radius 1 is 1.24 bits per heavy atom. The summed E-state index contributed by atoms with van der Waals surface area (Å²) in [7, 11) is 0. The van der Waals surface area contributed by atoms with Crippen LogP contribution in [0.15, 0.2) is 47.4 Å². The molecule has 1 atom stereocenters. The number of halogens is 1. The van der Waals surface area contributed by atoms with Gasteiger partial charge in [0.25, 0.3) is 0 Å². The van der Waals surface area contributed by atoms with Crippen LogP contribution in [0.5, 0.6) is 0 Å². The van der Waals surface area contributed by atoms with Gasteiger partial charge in [0, 0.05) is 11.3 Å². The molecule has 6 nitrogen and oxygen atoms in total. The van der Waals surface area contributed by atoms with Crippen LogP contribution in [0.3, 0.4) is 0 Å². The Morgan fingerprint density at radius 3 is 2.72 bits per heavy atom. The Hall–Kier alpha value is -2.51. The molecule has 25 heavy (non-hydrogen) atoms. The van der Waals surface area contributed by atoms with Gasteiger partial charge in [-0.25, -0.2) is 4.79 Å². The molecular formula is C17H13ClN2O4S. The number of para-hydroxylation sites is 1. The number of hydrogen-bond acceptors (Lipinski definition) is 4. The van der Waals surface area contributed by atoms with Crippen molar-refractivity contribution in [1.82, 2.24) is 0 Å². The lowest BCUT2D eigenvalue weighted by Gasteiger charge is -2.24. The lowest BCUT2D eigenvalue weighted by atomic mass is 10.2. The fourth-order valence-electron chi connectivity index (χ4n) is 2.34. The van der Waals surface area contributed by atoms with Gasteiger partial charge in [0.2, 0.25) is 11.8 Å². The number of anilines is 2. The Morgan fingerprint density at radius 2 is 2.00 bits per heavy atom. The molecule has 2 amide bonds. The molecule has 0 aromatic heterocycles. The largest absolute Gasteiger partial charge is 0.478 e. The second-order valence-electron chi connectivity index (χ2n) is 5.34. The average Bonchev–Trinajstić information content (AvgIpc) is 2.57. The third-order valence-electron chi connectivity index (χ3n) is 3.57. The smallest absolute Gasteiger partial charge is 0.335 e. The van der Waals surface area contributed by atoms with E-state index in [9.17, 15) is 14.4 Å². The van der Waals surface area contributed by atoms with Crippen molar-refractivity contribution < 1.29 is 19.5 Å². The minimum atomic E-state index is -1.05. The first-order chi connectivity index (χ1) is 11.9. The second-order valence-corrected chi connectivity index (χ2v) is 7.00. The van der Waals surface area contributed by atoms with Crippen molar-refractivity contribution in [3.8, 4) is 0 Å². The van der Waals surface area contributed by atoms with E-state index in [0.717, 1.165) is 0 Å². The summed E-state index contributed by atoms with van der Waals surface area (Å²) in [4.78, 5) is 36.1. The maximum absolute atomic E-state index is 12.2. The summed E-state index contributed by atoms with van der Waals surface area (Å²) >= 11 is 7.17. The zero-order valence-electron chi connectivity index (χ0n) is 12.8. The summed E-state index contributed by atoms with van der Waals surface area (Å²) in [5.74, 6) is -1.69. The molecule has 0 fully saturated rings. The monoisotopic (exact) mass is 376 g/mol. The summed E-state index contributed by atoms with van der Waals surface area (Å²) in [6, 6.07) is 11.3. The first kappa shape index (κ1) is 17.3. The number of carboxylic acids is 1. The Kier molecular flexibility index (Phi) is 4.96. The van der Waals surface area contributed by atoms with Gasteiger partial charge in [-0.1, -0.05) is 23.7 Å². The van der Waals surface area contributed by atoms with Crippen molar-refractivity contribution in [2.45, 2.75) is 16.6 Å². The Labute approximate surface area is 152 Å². The van der Waals surface area contributed by atoms with Crippen molar-refractivity contribution in [2.24, 2.45) is 0 Å². The van der Waals surface area contributed by atoms with Gasteiger partial charge in [-0.05, 0) is 30.3 Å². The number of carbonyl (C=O) groups is 3. The van der Waals surface area contributed by atoms with Gasteiger partial charge in [-0.2, -0.15) is 0 Å². The fraction of sp³-hybridized carbons (Fsp3) is 0.118. The second kappa shape index (κ2) is 7.16. The molecule has 0 bridgehead atoms. The third kappa shape index (κ3) is 3.94. The highest BCUT2D eigenvalue weighted by Crippen LogP contribution is 2.37. The molecule has 2 aromatic carbocycles. The standard InChI is InChI=1S/C17H13ClN2O4S/c18-10-3-1-2-4-11(10)19-15(21)8-14-16(22)20-12-6-5-9(17(23)24)7-13(12)25-14/h1-7,14H,8H2,(H,19,21)(H,20,22)(H,23,24). The molecule has 1 heterocycles. The molecule has 3 rings (SSSR count). The summed E-state index contributed by atoms with van der Waals surface area (Å²) in [5, 5.41) is 14.2. The number of amides is 2. The van der Waals surface area contributed by atoms with E-state index in [4.69, 9.17) is 16.7 Å². The summed E-state index contributed by atoms with van der Waals surface area (Å²) in [5.41, 5.74) is 1.15. The van der Waals surface area contributed by atoms with E-state index in [0.29, 0.717) is 21.3 Å². The van der Waals surface area contributed by atoms with E-state index in [2.05, 4.69) is 10.6 Å². The molecule has 0 saturated carbocycles. The van der Waals surface area contributed by atoms with Crippen LogP contribution in [0.1, 0.15) is 16.8 Å². The summed E-state index contributed by atoms with van der Waals surface area (Å²) in [6.45, 7) is 0. The van der Waals surface area contributed by atoms with Crippen LogP contribution in [-0.4, -0.2) is 28.1 Å². The van der Waals surface area contributed by atoms with Gasteiger partial charge in [-0.3, -0.25) is 9.59 Å². The molecule has 128 valence electrons. The number of carbonyl (C=O) groups excluding carboxylic acids is 2. The van der Waals surface area contributed by atoms with Crippen LogP contribution in [0, 0.1) is 0 Å². The van der Waals surface area contributed by atoms with E-state index in [1.165, 1.54) is 23.9 Å². The maximum atomic E-state index is 12.2. The highest BCUT2D eigenvalue weighted by atomic mass is 35.5.